The van der Waals surface area contributed by atoms with Crippen LogP contribution in [0.5, 0.6) is 0 Å². The van der Waals surface area contributed by atoms with E-state index in [0.29, 0.717) is 31.8 Å². The summed E-state index contributed by atoms with van der Waals surface area (Å²) >= 11 is 0. The van der Waals surface area contributed by atoms with E-state index in [2.05, 4.69) is 9.88 Å². The number of hydrogen-bond acceptors (Lipinski definition) is 5. The Kier molecular flexibility index (Phi) is 6.06. The summed E-state index contributed by atoms with van der Waals surface area (Å²) in [6, 6.07) is 13.6. The smallest absolute Gasteiger partial charge is 0.254 e. The molecule has 7 nitrogen and oxygen atoms in total. The van der Waals surface area contributed by atoms with Gasteiger partial charge in [0, 0.05) is 51.6 Å². The number of ether oxygens (including phenoxy) is 1. The lowest BCUT2D eigenvalue weighted by molar-refractivity contribution is -0.137. The SMILES string of the molecule is COCCN1C(=O)c2ccccc2[C@@H](C(=O)N2CCN(c3ccccn3)CC2)C12CCCC2. The summed E-state index contributed by atoms with van der Waals surface area (Å²) < 4.78 is 5.35. The molecule has 5 rings (SSSR count). The van der Waals surface area contributed by atoms with Crippen molar-refractivity contribution in [2.45, 2.75) is 37.1 Å². The lowest BCUT2D eigenvalue weighted by Gasteiger charge is -2.51. The number of carbonyl (C=O) groups excluding carboxylic acids is 2. The van der Waals surface area contributed by atoms with Crippen LogP contribution in [0, 0.1) is 0 Å². The monoisotopic (exact) mass is 448 g/mol. The number of fused-ring (bicyclic) bond motifs is 1. The highest BCUT2D eigenvalue weighted by Crippen LogP contribution is 2.50. The quantitative estimate of drug-likeness (QED) is 0.704. The van der Waals surface area contributed by atoms with Gasteiger partial charge in [-0.05, 0) is 36.6 Å². The molecule has 3 heterocycles. The molecule has 1 atom stereocenters. The van der Waals surface area contributed by atoms with Crippen molar-refractivity contribution in [1.29, 1.82) is 0 Å². The molecule has 0 radical (unpaired) electrons. The highest BCUT2D eigenvalue weighted by Gasteiger charge is 2.56. The molecule has 1 aromatic carbocycles. The molecule has 2 aromatic rings. The molecule has 1 saturated heterocycles. The van der Waals surface area contributed by atoms with Gasteiger partial charge in [-0.3, -0.25) is 9.59 Å². The van der Waals surface area contributed by atoms with Crippen LogP contribution in [0.2, 0.25) is 0 Å². The summed E-state index contributed by atoms with van der Waals surface area (Å²) in [6.45, 7) is 3.83. The summed E-state index contributed by atoms with van der Waals surface area (Å²) in [5.74, 6) is 0.817. The molecule has 33 heavy (non-hydrogen) atoms. The molecule has 3 aliphatic rings. The number of anilines is 1. The number of nitrogens with zero attached hydrogens (tertiary/aromatic N) is 4. The van der Waals surface area contributed by atoms with E-state index in [1.54, 1.807) is 13.3 Å². The fraction of sp³-hybridized carbons (Fsp3) is 0.500. The zero-order chi connectivity index (χ0) is 22.8. The number of pyridine rings is 1. The molecule has 1 saturated carbocycles. The van der Waals surface area contributed by atoms with E-state index < -0.39 is 5.54 Å². The van der Waals surface area contributed by atoms with Crippen molar-refractivity contribution >= 4 is 17.6 Å². The Bertz CT molecular complexity index is 998. The fourth-order valence-corrected chi connectivity index (χ4v) is 6.03. The summed E-state index contributed by atoms with van der Waals surface area (Å²) in [5.41, 5.74) is 1.10. The van der Waals surface area contributed by atoms with Crippen molar-refractivity contribution in [2.75, 3.05) is 51.3 Å². The molecule has 2 fully saturated rings. The molecule has 2 aliphatic heterocycles. The number of amides is 2. The Labute approximate surface area is 195 Å². The highest BCUT2D eigenvalue weighted by atomic mass is 16.5. The van der Waals surface area contributed by atoms with Crippen LogP contribution in [0.25, 0.3) is 0 Å². The molecule has 2 amide bonds. The van der Waals surface area contributed by atoms with Gasteiger partial charge in [0.05, 0.1) is 18.1 Å². The molecule has 1 aromatic heterocycles. The summed E-state index contributed by atoms with van der Waals surface area (Å²) in [5, 5.41) is 0. The second-order valence-corrected chi connectivity index (χ2v) is 9.28. The minimum Gasteiger partial charge on any atom is -0.383 e. The van der Waals surface area contributed by atoms with Gasteiger partial charge in [0.25, 0.3) is 5.91 Å². The predicted molar refractivity (Wildman–Crippen MR) is 126 cm³/mol. The van der Waals surface area contributed by atoms with Crippen LogP contribution in [-0.4, -0.2) is 78.6 Å². The zero-order valence-corrected chi connectivity index (χ0v) is 19.3. The highest BCUT2D eigenvalue weighted by molar-refractivity contribution is 6.02. The third-order valence-electron chi connectivity index (χ3n) is 7.62. The Morgan fingerprint density at radius 3 is 2.48 bits per heavy atom. The summed E-state index contributed by atoms with van der Waals surface area (Å²) in [7, 11) is 1.66. The largest absolute Gasteiger partial charge is 0.383 e. The maximum absolute atomic E-state index is 14.2. The molecule has 7 heteroatoms. The molecule has 1 spiro atoms. The number of rotatable bonds is 5. The van der Waals surface area contributed by atoms with Gasteiger partial charge in [0.1, 0.15) is 5.82 Å². The Morgan fingerprint density at radius 2 is 1.79 bits per heavy atom. The average Bonchev–Trinajstić information content (AvgIpc) is 3.34. The van der Waals surface area contributed by atoms with Crippen molar-refractivity contribution in [3.05, 3.63) is 59.8 Å². The number of carbonyl (C=O) groups is 2. The standard InChI is InChI=1S/C26H32N4O3/c1-33-19-18-30-24(31)21-9-3-2-8-20(21)23(26(30)11-5-6-12-26)25(32)29-16-14-28(15-17-29)22-10-4-7-13-27-22/h2-4,7-10,13,23H,5-6,11-12,14-19H2,1H3/t23-/m0/s1. The van der Waals surface area contributed by atoms with Gasteiger partial charge in [0.15, 0.2) is 0 Å². The third-order valence-corrected chi connectivity index (χ3v) is 7.62. The van der Waals surface area contributed by atoms with E-state index in [-0.39, 0.29) is 17.7 Å². The van der Waals surface area contributed by atoms with Crippen molar-refractivity contribution in [3.8, 4) is 0 Å². The van der Waals surface area contributed by atoms with Gasteiger partial charge in [0.2, 0.25) is 5.91 Å². The zero-order valence-electron chi connectivity index (χ0n) is 19.3. The van der Waals surface area contributed by atoms with Gasteiger partial charge in [-0.2, -0.15) is 0 Å². The van der Waals surface area contributed by atoms with Gasteiger partial charge >= 0.3 is 0 Å². The second-order valence-electron chi connectivity index (χ2n) is 9.28. The molecular formula is C26H32N4O3. The van der Waals surface area contributed by atoms with Gasteiger partial charge < -0.3 is 19.4 Å². The van der Waals surface area contributed by atoms with Crippen LogP contribution >= 0.6 is 0 Å². The van der Waals surface area contributed by atoms with Crippen LogP contribution in [0.3, 0.4) is 0 Å². The van der Waals surface area contributed by atoms with E-state index in [9.17, 15) is 9.59 Å². The second kappa shape index (κ2) is 9.14. The van der Waals surface area contributed by atoms with Crippen molar-refractivity contribution < 1.29 is 14.3 Å². The first-order chi connectivity index (χ1) is 16.2. The van der Waals surface area contributed by atoms with Crippen LogP contribution in [0.4, 0.5) is 5.82 Å². The Hall–Kier alpha value is -2.93. The van der Waals surface area contributed by atoms with E-state index >= 15 is 0 Å². The molecule has 0 N–H and O–H groups in total. The minimum atomic E-state index is -0.459. The molecule has 174 valence electrons. The molecule has 0 unspecified atom stereocenters. The first kappa shape index (κ1) is 21.9. The van der Waals surface area contributed by atoms with E-state index in [1.165, 1.54) is 0 Å². The van der Waals surface area contributed by atoms with Crippen LogP contribution in [-0.2, 0) is 9.53 Å². The van der Waals surface area contributed by atoms with Gasteiger partial charge in [-0.1, -0.05) is 37.1 Å². The summed E-state index contributed by atoms with van der Waals surface area (Å²) in [6.07, 6.45) is 5.61. The van der Waals surface area contributed by atoms with Gasteiger partial charge in [-0.15, -0.1) is 0 Å². The van der Waals surface area contributed by atoms with E-state index in [1.807, 2.05) is 52.3 Å². The lowest BCUT2D eigenvalue weighted by Crippen LogP contribution is -2.62. The molecule has 0 bridgehead atoms. The fourth-order valence-electron chi connectivity index (χ4n) is 6.03. The first-order valence-corrected chi connectivity index (χ1v) is 12.0. The predicted octanol–water partition coefficient (Wildman–Crippen LogP) is 2.93. The van der Waals surface area contributed by atoms with E-state index in [0.717, 1.165) is 50.2 Å². The van der Waals surface area contributed by atoms with Crippen LogP contribution in [0.1, 0.15) is 47.5 Å². The minimum absolute atomic E-state index is 0.0357. The topological polar surface area (TPSA) is 66.0 Å². The molecule has 1 aliphatic carbocycles. The maximum Gasteiger partial charge on any atom is 0.254 e. The number of benzene rings is 1. The number of methoxy groups -OCH3 is 1. The summed E-state index contributed by atoms with van der Waals surface area (Å²) in [4.78, 5) is 38.4. The number of aromatic nitrogens is 1. The maximum atomic E-state index is 14.2. The normalized spacial score (nSPS) is 22.0. The molecular weight excluding hydrogens is 416 g/mol. The Morgan fingerprint density at radius 1 is 1.06 bits per heavy atom. The Balaban J connectivity index is 1.45. The lowest BCUT2D eigenvalue weighted by atomic mass is 9.70. The van der Waals surface area contributed by atoms with Gasteiger partial charge in [-0.25, -0.2) is 4.98 Å². The van der Waals surface area contributed by atoms with Crippen molar-refractivity contribution in [2.24, 2.45) is 0 Å². The number of hydrogen-bond donors (Lipinski definition) is 0. The van der Waals surface area contributed by atoms with Crippen LogP contribution in [0.15, 0.2) is 48.7 Å². The number of piperazine rings is 1. The van der Waals surface area contributed by atoms with Crippen molar-refractivity contribution in [1.82, 2.24) is 14.8 Å². The first-order valence-electron chi connectivity index (χ1n) is 12.0. The van der Waals surface area contributed by atoms with E-state index in [4.69, 9.17) is 4.74 Å². The third kappa shape index (κ3) is 3.78. The van der Waals surface area contributed by atoms with Crippen molar-refractivity contribution in [3.63, 3.8) is 0 Å². The van der Waals surface area contributed by atoms with Crippen LogP contribution < -0.4 is 4.90 Å². The average molecular weight is 449 g/mol.